The molecule has 6 heteroatoms. The Morgan fingerprint density at radius 3 is 2.56 bits per heavy atom. The zero-order valence-corrected chi connectivity index (χ0v) is 11.2. The van der Waals surface area contributed by atoms with E-state index in [1.54, 1.807) is 0 Å². The van der Waals surface area contributed by atoms with E-state index in [1.807, 2.05) is 0 Å². The van der Waals surface area contributed by atoms with E-state index in [4.69, 9.17) is 0 Å². The molecule has 1 amide bonds. The zero-order valence-electron chi connectivity index (χ0n) is 8.01. The van der Waals surface area contributed by atoms with Crippen molar-refractivity contribution in [2.75, 3.05) is 11.4 Å². The van der Waals surface area contributed by atoms with Gasteiger partial charge in [-0.25, -0.2) is 8.78 Å². The average molecular weight is 355 g/mol. The van der Waals surface area contributed by atoms with Gasteiger partial charge in [-0.05, 0) is 22.0 Å². The molecule has 0 saturated carbocycles. The van der Waals surface area contributed by atoms with Gasteiger partial charge in [-0.3, -0.25) is 4.79 Å². The molecule has 16 heavy (non-hydrogen) atoms. The number of halogens is 4. The third-order valence-electron chi connectivity index (χ3n) is 2.36. The molecule has 1 heterocycles. The van der Waals surface area contributed by atoms with E-state index in [-0.39, 0.29) is 20.9 Å². The quantitative estimate of drug-likeness (QED) is 0.560. The van der Waals surface area contributed by atoms with Crippen molar-refractivity contribution in [1.29, 1.82) is 0 Å². The molecule has 1 aliphatic rings. The van der Waals surface area contributed by atoms with Gasteiger partial charge in [0.1, 0.15) is 11.6 Å². The van der Waals surface area contributed by atoms with Gasteiger partial charge in [-0.2, -0.15) is 0 Å². The van der Waals surface area contributed by atoms with Crippen molar-refractivity contribution in [3.8, 4) is 0 Å². The van der Waals surface area contributed by atoms with Crippen LogP contribution in [0.2, 0.25) is 0 Å². The summed E-state index contributed by atoms with van der Waals surface area (Å²) in [4.78, 5) is 12.9. The van der Waals surface area contributed by atoms with E-state index in [9.17, 15) is 13.6 Å². The summed E-state index contributed by atoms with van der Waals surface area (Å²) < 4.78 is 26.7. The molecular formula is C10H7Br2F2NO. The molecular weight excluding hydrogens is 348 g/mol. The topological polar surface area (TPSA) is 20.3 Å². The van der Waals surface area contributed by atoms with Crippen molar-refractivity contribution in [3.05, 3.63) is 28.2 Å². The molecule has 0 bridgehead atoms. The van der Waals surface area contributed by atoms with E-state index in [2.05, 4.69) is 31.9 Å². The maximum absolute atomic E-state index is 13.5. The Balaban J connectivity index is 2.41. The normalized spacial score (nSPS) is 20.6. The molecule has 0 aromatic heterocycles. The standard InChI is InChI=1S/C10H7Br2F2NO/c11-5-1-10(16)15(4-5)9-2-6(12)7(13)3-8(9)14/h2-3,5H,1,4H2. The third kappa shape index (κ3) is 2.13. The van der Waals surface area contributed by atoms with E-state index in [0.717, 1.165) is 6.07 Å². The average Bonchev–Trinajstić information content (AvgIpc) is 2.51. The molecule has 1 fully saturated rings. The van der Waals surface area contributed by atoms with Gasteiger partial charge >= 0.3 is 0 Å². The Morgan fingerprint density at radius 1 is 1.31 bits per heavy atom. The minimum atomic E-state index is -0.726. The lowest BCUT2D eigenvalue weighted by Crippen LogP contribution is -2.25. The lowest BCUT2D eigenvalue weighted by molar-refractivity contribution is -0.117. The summed E-state index contributed by atoms with van der Waals surface area (Å²) >= 11 is 6.27. The number of anilines is 1. The van der Waals surface area contributed by atoms with Crippen LogP contribution >= 0.6 is 31.9 Å². The number of hydrogen-bond donors (Lipinski definition) is 0. The summed E-state index contributed by atoms with van der Waals surface area (Å²) in [5.74, 6) is -1.57. The van der Waals surface area contributed by atoms with Gasteiger partial charge in [0.05, 0.1) is 10.2 Å². The first-order valence-corrected chi connectivity index (χ1v) is 6.29. The Morgan fingerprint density at radius 2 is 2.00 bits per heavy atom. The molecule has 0 N–H and O–H groups in total. The molecule has 0 spiro atoms. The lowest BCUT2D eigenvalue weighted by atomic mass is 10.2. The number of amides is 1. The fourth-order valence-corrected chi connectivity index (χ4v) is 2.51. The van der Waals surface area contributed by atoms with Crippen LogP contribution in [0.4, 0.5) is 14.5 Å². The third-order valence-corrected chi connectivity index (χ3v) is 3.58. The second-order valence-corrected chi connectivity index (χ2v) is 5.67. The number of alkyl halides is 1. The molecule has 1 aromatic rings. The monoisotopic (exact) mass is 353 g/mol. The molecule has 1 atom stereocenters. The predicted octanol–water partition coefficient (Wildman–Crippen LogP) is 3.23. The van der Waals surface area contributed by atoms with Gasteiger partial charge < -0.3 is 4.90 Å². The van der Waals surface area contributed by atoms with Crippen molar-refractivity contribution in [2.24, 2.45) is 0 Å². The minimum absolute atomic E-state index is 0.0169. The highest BCUT2D eigenvalue weighted by Gasteiger charge is 2.30. The number of carbonyl (C=O) groups is 1. The van der Waals surface area contributed by atoms with E-state index < -0.39 is 11.6 Å². The van der Waals surface area contributed by atoms with E-state index in [0.29, 0.717) is 13.0 Å². The number of nitrogens with zero attached hydrogens (tertiary/aromatic N) is 1. The van der Waals surface area contributed by atoms with Crippen LogP contribution in [0.1, 0.15) is 6.42 Å². The van der Waals surface area contributed by atoms with Crippen molar-refractivity contribution in [2.45, 2.75) is 11.2 Å². The summed E-state index contributed by atoms with van der Waals surface area (Å²) in [5, 5.41) is 0. The predicted molar refractivity (Wildman–Crippen MR) is 63.7 cm³/mol. The Hall–Kier alpha value is -0.490. The summed E-state index contributed by atoms with van der Waals surface area (Å²) in [5.41, 5.74) is 0.111. The zero-order chi connectivity index (χ0) is 11.9. The smallest absolute Gasteiger partial charge is 0.228 e. The van der Waals surface area contributed by atoms with Crippen LogP contribution in [-0.2, 0) is 4.79 Å². The number of rotatable bonds is 1. The van der Waals surface area contributed by atoms with Crippen LogP contribution < -0.4 is 4.90 Å². The molecule has 1 unspecified atom stereocenters. The van der Waals surface area contributed by atoms with Gasteiger partial charge in [0.2, 0.25) is 5.91 Å². The highest BCUT2D eigenvalue weighted by molar-refractivity contribution is 9.10. The maximum atomic E-state index is 13.5. The second kappa shape index (κ2) is 4.41. The van der Waals surface area contributed by atoms with Gasteiger partial charge in [0.15, 0.2) is 0 Å². The fourth-order valence-electron chi connectivity index (χ4n) is 1.62. The summed E-state index contributed by atoms with van der Waals surface area (Å²) in [6.45, 7) is 0.397. The first-order chi connectivity index (χ1) is 7.49. The van der Waals surface area contributed by atoms with Crippen molar-refractivity contribution in [3.63, 3.8) is 0 Å². The highest BCUT2D eigenvalue weighted by atomic mass is 79.9. The number of benzene rings is 1. The number of hydrogen-bond acceptors (Lipinski definition) is 1. The number of carbonyl (C=O) groups excluding carboxylic acids is 1. The first kappa shape index (κ1) is 12.0. The Kier molecular flexibility index (Phi) is 3.30. The van der Waals surface area contributed by atoms with Crippen LogP contribution in [0.25, 0.3) is 0 Å². The van der Waals surface area contributed by atoms with Crippen molar-refractivity contribution in [1.82, 2.24) is 0 Å². The SMILES string of the molecule is O=C1CC(Br)CN1c1cc(Br)c(F)cc1F. The van der Waals surface area contributed by atoms with Gasteiger partial charge in [-0.15, -0.1) is 0 Å². The first-order valence-electron chi connectivity index (χ1n) is 4.58. The molecule has 0 aliphatic carbocycles. The van der Waals surface area contributed by atoms with Crippen LogP contribution in [0.3, 0.4) is 0 Å². The van der Waals surface area contributed by atoms with Crippen LogP contribution in [-0.4, -0.2) is 17.3 Å². The summed E-state index contributed by atoms with van der Waals surface area (Å²) in [7, 11) is 0. The minimum Gasteiger partial charge on any atom is -0.308 e. The molecule has 2 nitrogen and oxygen atoms in total. The summed E-state index contributed by atoms with van der Waals surface area (Å²) in [6.07, 6.45) is 0.328. The van der Waals surface area contributed by atoms with Crippen LogP contribution in [0, 0.1) is 11.6 Å². The molecule has 1 aromatic carbocycles. The molecule has 0 radical (unpaired) electrons. The largest absolute Gasteiger partial charge is 0.308 e. The molecule has 1 saturated heterocycles. The fraction of sp³-hybridized carbons (Fsp3) is 0.300. The van der Waals surface area contributed by atoms with Crippen molar-refractivity contribution >= 4 is 43.5 Å². The lowest BCUT2D eigenvalue weighted by Gasteiger charge is -2.17. The Labute approximate surface area is 108 Å². The molecule has 2 rings (SSSR count). The van der Waals surface area contributed by atoms with Gasteiger partial charge in [-0.1, -0.05) is 15.9 Å². The molecule has 1 aliphatic heterocycles. The van der Waals surface area contributed by atoms with Crippen LogP contribution in [0.5, 0.6) is 0 Å². The van der Waals surface area contributed by atoms with Crippen molar-refractivity contribution < 1.29 is 13.6 Å². The second-order valence-electron chi connectivity index (χ2n) is 3.52. The Bertz CT molecular complexity index is 453. The highest BCUT2D eigenvalue weighted by Crippen LogP contribution is 2.31. The van der Waals surface area contributed by atoms with E-state index in [1.165, 1.54) is 11.0 Å². The van der Waals surface area contributed by atoms with Crippen LogP contribution in [0.15, 0.2) is 16.6 Å². The summed E-state index contributed by atoms with van der Waals surface area (Å²) in [6, 6.07) is 2.06. The van der Waals surface area contributed by atoms with E-state index >= 15 is 0 Å². The van der Waals surface area contributed by atoms with Gasteiger partial charge in [0.25, 0.3) is 0 Å². The maximum Gasteiger partial charge on any atom is 0.228 e. The van der Waals surface area contributed by atoms with Gasteiger partial charge in [0, 0.05) is 23.9 Å². The molecule has 86 valence electrons.